The van der Waals surface area contributed by atoms with Crippen molar-refractivity contribution in [1.29, 1.82) is 0 Å². The molecule has 0 saturated heterocycles. The third-order valence-corrected chi connectivity index (χ3v) is 4.82. The molecule has 0 aliphatic carbocycles. The van der Waals surface area contributed by atoms with E-state index in [0.717, 1.165) is 11.1 Å². The molecule has 29 heavy (non-hydrogen) atoms. The third-order valence-electron chi connectivity index (χ3n) is 4.49. The summed E-state index contributed by atoms with van der Waals surface area (Å²) in [7, 11) is 0. The first kappa shape index (κ1) is 20.6. The molecule has 3 aromatic carbocycles. The summed E-state index contributed by atoms with van der Waals surface area (Å²) < 4.78 is 0. The molecule has 2 amide bonds. The van der Waals surface area contributed by atoms with E-state index in [4.69, 9.17) is 11.6 Å². The lowest BCUT2D eigenvalue weighted by atomic mass is 10.1. The largest absolute Gasteiger partial charge is 0.326 e. The molecule has 0 heterocycles. The van der Waals surface area contributed by atoms with Crippen LogP contribution in [0.5, 0.6) is 0 Å². The zero-order valence-corrected chi connectivity index (χ0v) is 16.8. The molecule has 0 fully saturated rings. The van der Waals surface area contributed by atoms with Crippen LogP contribution < -0.4 is 10.6 Å². The van der Waals surface area contributed by atoms with E-state index in [0.29, 0.717) is 42.1 Å². The van der Waals surface area contributed by atoms with Gasteiger partial charge in [-0.1, -0.05) is 72.3 Å². The molecular weight excluding hydrogens is 384 g/mol. The fraction of sp³-hybridized carbons (Fsp3) is 0.167. The van der Waals surface area contributed by atoms with Gasteiger partial charge in [-0.05, 0) is 42.2 Å². The molecule has 0 aliphatic heterocycles. The van der Waals surface area contributed by atoms with E-state index in [1.165, 1.54) is 0 Å². The Balaban J connectivity index is 1.53. The summed E-state index contributed by atoms with van der Waals surface area (Å²) in [6.45, 7) is 0. The molecule has 3 aromatic rings. The SMILES string of the molecule is O=C(CCc1ccccc1)Nc1ccc(Cl)c(NC(=O)CCc2ccccc2)c1. The van der Waals surface area contributed by atoms with E-state index < -0.39 is 0 Å². The molecule has 148 valence electrons. The van der Waals surface area contributed by atoms with Crippen LogP contribution in [-0.2, 0) is 22.4 Å². The van der Waals surface area contributed by atoms with Gasteiger partial charge >= 0.3 is 0 Å². The minimum Gasteiger partial charge on any atom is -0.326 e. The highest BCUT2D eigenvalue weighted by molar-refractivity contribution is 6.33. The van der Waals surface area contributed by atoms with Crippen molar-refractivity contribution in [3.63, 3.8) is 0 Å². The van der Waals surface area contributed by atoms with Crippen LogP contribution in [-0.4, -0.2) is 11.8 Å². The van der Waals surface area contributed by atoms with E-state index >= 15 is 0 Å². The highest BCUT2D eigenvalue weighted by atomic mass is 35.5. The summed E-state index contributed by atoms with van der Waals surface area (Å²) in [5, 5.41) is 6.12. The van der Waals surface area contributed by atoms with E-state index in [2.05, 4.69) is 10.6 Å². The van der Waals surface area contributed by atoms with Crippen molar-refractivity contribution in [1.82, 2.24) is 0 Å². The molecular formula is C24H23ClN2O2. The molecule has 0 atom stereocenters. The van der Waals surface area contributed by atoms with Crippen molar-refractivity contribution < 1.29 is 9.59 Å². The predicted octanol–water partition coefficient (Wildman–Crippen LogP) is 5.48. The molecule has 0 saturated carbocycles. The van der Waals surface area contributed by atoms with Gasteiger partial charge < -0.3 is 10.6 Å². The molecule has 0 bridgehead atoms. The number of amides is 2. The van der Waals surface area contributed by atoms with Crippen LogP contribution in [0.25, 0.3) is 0 Å². The Kier molecular flexibility index (Phi) is 7.42. The average molecular weight is 407 g/mol. The first-order valence-electron chi connectivity index (χ1n) is 9.57. The maximum absolute atomic E-state index is 12.3. The molecule has 3 rings (SSSR count). The average Bonchev–Trinajstić information content (AvgIpc) is 2.75. The number of carbonyl (C=O) groups excluding carboxylic acids is 2. The van der Waals surface area contributed by atoms with Crippen LogP contribution in [0, 0.1) is 0 Å². The van der Waals surface area contributed by atoms with Crippen LogP contribution in [0.2, 0.25) is 5.02 Å². The van der Waals surface area contributed by atoms with Gasteiger partial charge in [0.2, 0.25) is 11.8 Å². The predicted molar refractivity (Wildman–Crippen MR) is 118 cm³/mol. The van der Waals surface area contributed by atoms with Gasteiger partial charge in [-0.3, -0.25) is 9.59 Å². The maximum Gasteiger partial charge on any atom is 0.224 e. The monoisotopic (exact) mass is 406 g/mol. The Morgan fingerprint density at radius 3 is 1.76 bits per heavy atom. The number of hydrogen-bond donors (Lipinski definition) is 2. The van der Waals surface area contributed by atoms with Crippen LogP contribution in [0.3, 0.4) is 0 Å². The third kappa shape index (κ3) is 6.77. The second kappa shape index (κ2) is 10.4. The second-order valence-corrected chi connectivity index (χ2v) is 7.17. The second-order valence-electron chi connectivity index (χ2n) is 6.76. The zero-order valence-electron chi connectivity index (χ0n) is 16.0. The molecule has 0 radical (unpaired) electrons. The van der Waals surface area contributed by atoms with Crippen molar-refractivity contribution in [3.05, 3.63) is 95.0 Å². The van der Waals surface area contributed by atoms with Gasteiger partial charge in [0.1, 0.15) is 0 Å². The maximum atomic E-state index is 12.3. The Morgan fingerprint density at radius 2 is 1.21 bits per heavy atom. The summed E-state index contributed by atoms with van der Waals surface area (Å²) in [5.74, 6) is -0.208. The lowest BCUT2D eigenvalue weighted by molar-refractivity contribution is -0.116. The standard InChI is InChI=1S/C24H23ClN2O2/c25-21-14-13-20(26-23(28)15-11-18-7-3-1-4-8-18)17-22(21)27-24(29)16-12-19-9-5-2-6-10-19/h1-10,13-14,17H,11-12,15-16H2,(H,26,28)(H,27,29). The van der Waals surface area contributed by atoms with Gasteiger partial charge in [0.05, 0.1) is 10.7 Å². The first-order chi connectivity index (χ1) is 14.1. The Labute approximate surface area is 175 Å². The normalized spacial score (nSPS) is 10.4. The van der Waals surface area contributed by atoms with Crippen molar-refractivity contribution in [3.8, 4) is 0 Å². The number of hydrogen-bond acceptors (Lipinski definition) is 2. The van der Waals surface area contributed by atoms with Crippen LogP contribution in [0.4, 0.5) is 11.4 Å². The quantitative estimate of drug-likeness (QED) is 0.520. The number of aryl methyl sites for hydroxylation is 2. The van der Waals surface area contributed by atoms with E-state index in [1.807, 2.05) is 60.7 Å². The molecule has 2 N–H and O–H groups in total. The number of carbonyl (C=O) groups is 2. The molecule has 5 heteroatoms. The van der Waals surface area contributed by atoms with E-state index in [-0.39, 0.29) is 11.8 Å². The number of benzene rings is 3. The van der Waals surface area contributed by atoms with Gasteiger partial charge in [-0.15, -0.1) is 0 Å². The summed E-state index contributed by atoms with van der Waals surface area (Å²) in [6.07, 6.45) is 2.06. The Bertz CT molecular complexity index is 959. The molecule has 0 aliphatic rings. The topological polar surface area (TPSA) is 58.2 Å². The van der Waals surface area contributed by atoms with Crippen molar-refractivity contribution >= 4 is 34.8 Å². The highest BCUT2D eigenvalue weighted by Gasteiger charge is 2.09. The fourth-order valence-electron chi connectivity index (χ4n) is 2.94. The summed E-state index contributed by atoms with van der Waals surface area (Å²) in [5.41, 5.74) is 3.31. The van der Waals surface area contributed by atoms with Gasteiger partial charge in [0.15, 0.2) is 0 Å². The number of halogens is 1. The first-order valence-corrected chi connectivity index (χ1v) is 9.95. The van der Waals surface area contributed by atoms with Gasteiger partial charge in [-0.2, -0.15) is 0 Å². The van der Waals surface area contributed by atoms with Crippen LogP contribution >= 0.6 is 11.6 Å². The molecule has 0 spiro atoms. The lowest BCUT2D eigenvalue weighted by Gasteiger charge is -2.11. The minimum absolute atomic E-state index is 0.0856. The summed E-state index contributed by atoms with van der Waals surface area (Å²) in [4.78, 5) is 24.5. The lowest BCUT2D eigenvalue weighted by Crippen LogP contribution is -2.14. The van der Waals surface area contributed by atoms with E-state index in [1.54, 1.807) is 18.2 Å². The van der Waals surface area contributed by atoms with Crippen molar-refractivity contribution in [2.24, 2.45) is 0 Å². The highest BCUT2D eigenvalue weighted by Crippen LogP contribution is 2.26. The van der Waals surface area contributed by atoms with Gasteiger partial charge in [0, 0.05) is 18.5 Å². The van der Waals surface area contributed by atoms with Gasteiger partial charge in [-0.25, -0.2) is 0 Å². The molecule has 0 unspecified atom stereocenters. The van der Waals surface area contributed by atoms with Crippen LogP contribution in [0.1, 0.15) is 24.0 Å². The van der Waals surface area contributed by atoms with E-state index in [9.17, 15) is 9.59 Å². The number of anilines is 2. The van der Waals surface area contributed by atoms with Gasteiger partial charge in [0.25, 0.3) is 0 Å². The van der Waals surface area contributed by atoms with Crippen LogP contribution in [0.15, 0.2) is 78.9 Å². The molecule has 0 aromatic heterocycles. The summed E-state index contributed by atoms with van der Waals surface area (Å²) in [6, 6.07) is 24.8. The Hall–Kier alpha value is -3.11. The zero-order chi connectivity index (χ0) is 20.5. The number of nitrogens with one attached hydrogen (secondary N) is 2. The minimum atomic E-state index is -0.122. The van der Waals surface area contributed by atoms with Crippen molar-refractivity contribution in [2.45, 2.75) is 25.7 Å². The molecule has 4 nitrogen and oxygen atoms in total. The smallest absolute Gasteiger partial charge is 0.224 e. The Morgan fingerprint density at radius 1 is 0.690 bits per heavy atom. The van der Waals surface area contributed by atoms with Crippen molar-refractivity contribution in [2.75, 3.05) is 10.6 Å². The number of rotatable bonds is 8. The summed E-state index contributed by atoms with van der Waals surface area (Å²) >= 11 is 6.21. The fourth-order valence-corrected chi connectivity index (χ4v) is 3.10.